The normalized spacial score (nSPS) is 12.8. The lowest BCUT2D eigenvalue weighted by Crippen LogP contribution is -2.33. The molecular weight excluding hydrogens is 350 g/mol. The molecule has 0 aliphatic carbocycles. The summed E-state index contributed by atoms with van der Waals surface area (Å²) < 4.78 is 10.3. The zero-order valence-corrected chi connectivity index (χ0v) is 16.1. The van der Waals surface area contributed by atoms with Crippen molar-refractivity contribution in [3.63, 3.8) is 0 Å². The number of hydrogen-bond donors (Lipinski definition) is 0. The van der Waals surface area contributed by atoms with Gasteiger partial charge in [0.1, 0.15) is 12.1 Å². The Balaban J connectivity index is 2.01. The SMILES string of the molecule is COC(=O)c1ccc2c(c1)N(CC(=O)OC(C)(C)C)c1ccccc1S2. The van der Waals surface area contributed by atoms with E-state index in [0.717, 1.165) is 21.2 Å². The second kappa shape index (κ2) is 7.03. The third kappa shape index (κ3) is 3.85. The lowest BCUT2D eigenvalue weighted by atomic mass is 10.1. The smallest absolute Gasteiger partial charge is 0.337 e. The summed E-state index contributed by atoms with van der Waals surface area (Å²) in [5, 5.41) is 0. The number of nitrogens with zero attached hydrogens (tertiary/aromatic N) is 1. The number of benzene rings is 2. The molecule has 0 aromatic heterocycles. The fourth-order valence-electron chi connectivity index (χ4n) is 2.75. The van der Waals surface area contributed by atoms with Gasteiger partial charge in [0.25, 0.3) is 0 Å². The van der Waals surface area contributed by atoms with E-state index in [1.165, 1.54) is 7.11 Å². The second-order valence-corrected chi connectivity index (χ2v) is 8.00. The van der Waals surface area contributed by atoms with Crippen LogP contribution in [0.25, 0.3) is 0 Å². The van der Waals surface area contributed by atoms with Gasteiger partial charge in [-0.2, -0.15) is 0 Å². The minimum Gasteiger partial charge on any atom is -0.465 e. The molecule has 2 aromatic rings. The number of para-hydroxylation sites is 1. The molecule has 26 heavy (non-hydrogen) atoms. The highest BCUT2D eigenvalue weighted by molar-refractivity contribution is 7.99. The number of hydrogen-bond acceptors (Lipinski definition) is 6. The summed E-state index contributed by atoms with van der Waals surface area (Å²) in [4.78, 5) is 28.3. The van der Waals surface area contributed by atoms with Gasteiger partial charge in [0, 0.05) is 9.79 Å². The number of esters is 2. The zero-order chi connectivity index (χ0) is 18.9. The predicted octanol–water partition coefficient (Wildman–Crippen LogP) is 4.42. The van der Waals surface area contributed by atoms with E-state index in [1.807, 2.05) is 56.0 Å². The molecule has 136 valence electrons. The number of anilines is 2. The quantitative estimate of drug-likeness (QED) is 0.745. The van der Waals surface area contributed by atoms with Crippen molar-refractivity contribution in [2.24, 2.45) is 0 Å². The third-order valence-electron chi connectivity index (χ3n) is 3.75. The monoisotopic (exact) mass is 371 g/mol. The predicted molar refractivity (Wildman–Crippen MR) is 101 cm³/mol. The summed E-state index contributed by atoms with van der Waals surface area (Å²) in [5.74, 6) is -0.734. The van der Waals surface area contributed by atoms with E-state index in [1.54, 1.807) is 23.9 Å². The molecule has 0 amide bonds. The Labute approximate surface area is 157 Å². The van der Waals surface area contributed by atoms with E-state index in [-0.39, 0.29) is 12.5 Å². The van der Waals surface area contributed by atoms with Gasteiger partial charge in [0.05, 0.1) is 24.0 Å². The summed E-state index contributed by atoms with van der Waals surface area (Å²) in [6, 6.07) is 13.2. The van der Waals surface area contributed by atoms with E-state index in [0.29, 0.717) is 5.56 Å². The molecule has 0 bridgehead atoms. The van der Waals surface area contributed by atoms with Crippen molar-refractivity contribution in [3.8, 4) is 0 Å². The van der Waals surface area contributed by atoms with Gasteiger partial charge in [0.15, 0.2) is 0 Å². The van der Waals surface area contributed by atoms with Crippen molar-refractivity contribution in [3.05, 3.63) is 48.0 Å². The fraction of sp³-hybridized carbons (Fsp3) is 0.300. The summed E-state index contributed by atoms with van der Waals surface area (Å²) in [6.45, 7) is 5.59. The van der Waals surface area contributed by atoms with Crippen molar-refractivity contribution < 1.29 is 19.1 Å². The van der Waals surface area contributed by atoms with Gasteiger partial charge < -0.3 is 14.4 Å². The molecule has 0 saturated carbocycles. The number of carbonyl (C=O) groups is 2. The molecule has 1 aliphatic heterocycles. The zero-order valence-electron chi connectivity index (χ0n) is 15.2. The van der Waals surface area contributed by atoms with Crippen LogP contribution in [0.15, 0.2) is 52.3 Å². The first-order valence-corrected chi connectivity index (χ1v) is 9.09. The van der Waals surface area contributed by atoms with Crippen LogP contribution in [0.2, 0.25) is 0 Å². The lowest BCUT2D eigenvalue weighted by Gasteiger charge is -2.33. The first kappa shape index (κ1) is 18.3. The van der Waals surface area contributed by atoms with Gasteiger partial charge in [-0.1, -0.05) is 23.9 Å². The van der Waals surface area contributed by atoms with Crippen molar-refractivity contribution in [1.29, 1.82) is 0 Å². The highest BCUT2D eigenvalue weighted by Crippen LogP contribution is 2.48. The largest absolute Gasteiger partial charge is 0.465 e. The number of rotatable bonds is 3. The molecule has 1 heterocycles. The molecule has 0 radical (unpaired) electrons. The maximum absolute atomic E-state index is 12.5. The van der Waals surface area contributed by atoms with Crippen LogP contribution in [0.1, 0.15) is 31.1 Å². The van der Waals surface area contributed by atoms with E-state index < -0.39 is 11.6 Å². The molecule has 0 fully saturated rings. The number of methoxy groups -OCH3 is 1. The minimum atomic E-state index is -0.558. The van der Waals surface area contributed by atoms with Gasteiger partial charge in [0.2, 0.25) is 0 Å². The van der Waals surface area contributed by atoms with E-state index >= 15 is 0 Å². The second-order valence-electron chi connectivity index (χ2n) is 6.92. The molecule has 0 saturated heterocycles. The molecule has 0 atom stereocenters. The molecule has 6 heteroatoms. The number of carbonyl (C=O) groups excluding carboxylic acids is 2. The first-order valence-electron chi connectivity index (χ1n) is 8.27. The van der Waals surface area contributed by atoms with Crippen molar-refractivity contribution in [2.45, 2.75) is 36.2 Å². The Morgan fingerprint density at radius 1 is 1.04 bits per heavy atom. The van der Waals surface area contributed by atoms with Crippen LogP contribution < -0.4 is 4.90 Å². The van der Waals surface area contributed by atoms with Gasteiger partial charge in [-0.05, 0) is 51.1 Å². The Morgan fingerprint density at radius 2 is 1.73 bits per heavy atom. The van der Waals surface area contributed by atoms with E-state index in [9.17, 15) is 9.59 Å². The summed E-state index contributed by atoms with van der Waals surface area (Å²) in [6.07, 6.45) is 0. The Kier molecular flexibility index (Phi) is 4.96. The molecule has 5 nitrogen and oxygen atoms in total. The average Bonchev–Trinajstić information content (AvgIpc) is 2.59. The van der Waals surface area contributed by atoms with Gasteiger partial charge in [-0.25, -0.2) is 4.79 Å². The first-order chi connectivity index (χ1) is 12.3. The molecular formula is C20H21NO4S. The van der Waals surface area contributed by atoms with Crippen LogP contribution in [0.4, 0.5) is 11.4 Å². The molecule has 0 unspecified atom stereocenters. The van der Waals surface area contributed by atoms with Gasteiger partial charge in [-0.3, -0.25) is 4.79 Å². The molecule has 0 spiro atoms. The number of ether oxygens (including phenoxy) is 2. The standard InChI is InChI=1S/C20H21NO4S/c1-20(2,3)25-18(22)12-21-14-7-5-6-8-16(14)26-17-10-9-13(11-15(17)21)19(23)24-4/h5-11H,12H2,1-4H3. The maximum atomic E-state index is 12.5. The topological polar surface area (TPSA) is 55.8 Å². The van der Waals surface area contributed by atoms with Crippen LogP contribution in [-0.2, 0) is 14.3 Å². The Hall–Kier alpha value is -2.47. The Bertz CT molecular complexity index is 857. The van der Waals surface area contributed by atoms with Crippen LogP contribution in [0, 0.1) is 0 Å². The van der Waals surface area contributed by atoms with Crippen molar-refractivity contribution >= 4 is 35.1 Å². The molecule has 1 aliphatic rings. The number of fused-ring (bicyclic) bond motifs is 2. The summed E-state index contributed by atoms with van der Waals surface area (Å²) in [5.41, 5.74) is 1.60. The highest BCUT2D eigenvalue weighted by atomic mass is 32.2. The fourth-order valence-corrected chi connectivity index (χ4v) is 3.82. The van der Waals surface area contributed by atoms with E-state index in [2.05, 4.69) is 0 Å². The molecule has 0 N–H and O–H groups in total. The summed E-state index contributed by atoms with van der Waals surface area (Å²) >= 11 is 1.61. The van der Waals surface area contributed by atoms with Gasteiger partial charge in [-0.15, -0.1) is 0 Å². The lowest BCUT2D eigenvalue weighted by molar-refractivity contribution is -0.152. The molecule has 3 rings (SSSR count). The highest BCUT2D eigenvalue weighted by Gasteiger charge is 2.28. The van der Waals surface area contributed by atoms with Crippen LogP contribution in [0.5, 0.6) is 0 Å². The van der Waals surface area contributed by atoms with E-state index in [4.69, 9.17) is 9.47 Å². The third-order valence-corrected chi connectivity index (χ3v) is 4.88. The average molecular weight is 371 g/mol. The summed E-state index contributed by atoms with van der Waals surface area (Å²) in [7, 11) is 1.35. The van der Waals surface area contributed by atoms with Gasteiger partial charge >= 0.3 is 11.9 Å². The Morgan fingerprint density at radius 3 is 2.42 bits per heavy atom. The van der Waals surface area contributed by atoms with Crippen LogP contribution in [-0.4, -0.2) is 31.2 Å². The van der Waals surface area contributed by atoms with Crippen molar-refractivity contribution in [2.75, 3.05) is 18.6 Å². The van der Waals surface area contributed by atoms with Crippen LogP contribution >= 0.6 is 11.8 Å². The van der Waals surface area contributed by atoms with Crippen molar-refractivity contribution in [1.82, 2.24) is 0 Å². The molecule has 2 aromatic carbocycles. The maximum Gasteiger partial charge on any atom is 0.337 e. The minimum absolute atomic E-state index is 0.0620. The van der Waals surface area contributed by atoms with Crippen LogP contribution in [0.3, 0.4) is 0 Å².